The minimum absolute atomic E-state index is 0.0379. The quantitative estimate of drug-likeness (QED) is 0.264. The fourth-order valence-corrected chi connectivity index (χ4v) is 5.70. The van der Waals surface area contributed by atoms with Gasteiger partial charge >= 0.3 is 0 Å². The van der Waals surface area contributed by atoms with Gasteiger partial charge in [-0.3, -0.25) is 9.89 Å². The molecule has 2 aromatic heterocycles. The number of rotatable bonds is 8. The maximum atomic E-state index is 13.8. The maximum Gasteiger partial charge on any atom is 0.235 e. The van der Waals surface area contributed by atoms with Gasteiger partial charge in [0.15, 0.2) is 5.82 Å². The van der Waals surface area contributed by atoms with E-state index in [1.54, 1.807) is 0 Å². The van der Waals surface area contributed by atoms with Gasteiger partial charge in [0.2, 0.25) is 5.91 Å². The van der Waals surface area contributed by atoms with E-state index in [2.05, 4.69) is 30.7 Å². The molecule has 4 aromatic rings. The number of H-pyrrole nitrogens is 2. The fourth-order valence-electron chi connectivity index (χ4n) is 5.48. The average molecular weight is 501 g/mol. The van der Waals surface area contributed by atoms with Crippen LogP contribution < -0.4 is 5.32 Å². The van der Waals surface area contributed by atoms with Gasteiger partial charge in [-0.2, -0.15) is 5.10 Å². The zero-order valence-electron chi connectivity index (χ0n) is 20.4. The second-order valence-corrected chi connectivity index (χ2v) is 10.6. The largest absolute Gasteiger partial charge is 0.325 e. The highest BCUT2D eigenvalue weighted by Crippen LogP contribution is 2.54. The van der Waals surface area contributed by atoms with Gasteiger partial charge in [-0.05, 0) is 87.1 Å². The first kappa shape index (κ1) is 23.0. The molecule has 184 valence electrons. The summed E-state index contributed by atoms with van der Waals surface area (Å²) in [6, 6.07) is 15.5. The van der Waals surface area contributed by atoms with Gasteiger partial charge in [-0.15, -0.1) is 10.2 Å². The molecule has 2 aromatic carbocycles. The lowest BCUT2D eigenvalue weighted by molar-refractivity contribution is -0.119. The molecule has 2 aliphatic carbocycles. The summed E-state index contributed by atoms with van der Waals surface area (Å²) in [6.45, 7) is 4.00. The summed E-state index contributed by atoms with van der Waals surface area (Å²) < 4.78 is 0. The van der Waals surface area contributed by atoms with Crippen molar-refractivity contribution in [1.29, 1.82) is 0 Å². The van der Waals surface area contributed by atoms with Crippen LogP contribution >= 0.6 is 11.6 Å². The number of amides is 1. The van der Waals surface area contributed by atoms with Gasteiger partial charge in [0.05, 0.1) is 10.7 Å². The number of nitrogens with one attached hydrogen (secondary N) is 3. The molecule has 0 radical (unpaired) electrons. The van der Waals surface area contributed by atoms with Crippen LogP contribution in [0.5, 0.6) is 0 Å². The van der Waals surface area contributed by atoms with E-state index in [9.17, 15) is 4.79 Å². The molecular weight excluding hydrogens is 472 g/mol. The lowest BCUT2D eigenvalue weighted by Gasteiger charge is -2.24. The zero-order valence-corrected chi connectivity index (χ0v) is 21.1. The lowest BCUT2D eigenvalue weighted by Crippen LogP contribution is -2.31. The Morgan fingerprint density at radius 2 is 1.69 bits per heavy atom. The summed E-state index contributed by atoms with van der Waals surface area (Å²) >= 11 is 6.40. The van der Waals surface area contributed by atoms with Crippen LogP contribution in [-0.4, -0.2) is 31.3 Å². The van der Waals surface area contributed by atoms with E-state index < -0.39 is 0 Å². The summed E-state index contributed by atoms with van der Waals surface area (Å²) in [4.78, 5) is 17.2. The third-order valence-corrected chi connectivity index (χ3v) is 7.83. The van der Waals surface area contributed by atoms with Crippen molar-refractivity contribution >= 4 is 23.2 Å². The molecule has 36 heavy (non-hydrogen) atoms. The first-order valence-corrected chi connectivity index (χ1v) is 13.0. The van der Waals surface area contributed by atoms with Gasteiger partial charge in [-0.25, -0.2) is 0 Å². The molecule has 3 N–H and O–H groups in total. The molecule has 6 rings (SSSR count). The number of carbonyl (C=O) groups is 1. The van der Waals surface area contributed by atoms with E-state index in [1.807, 2.05) is 62.4 Å². The van der Waals surface area contributed by atoms with Crippen LogP contribution in [0.25, 0.3) is 22.5 Å². The Hall–Kier alpha value is -3.45. The van der Waals surface area contributed by atoms with Crippen molar-refractivity contribution in [3.8, 4) is 22.5 Å². The molecule has 8 heteroatoms. The topological polar surface area (TPSA) is 99.3 Å². The molecule has 1 atom stereocenters. The maximum absolute atomic E-state index is 13.8. The number of aryl methyl sites for hydroxylation is 2. The predicted octanol–water partition coefficient (Wildman–Crippen LogP) is 6.29. The molecular formula is C28H29ClN6O. The van der Waals surface area contributed by atoms with E-state index in [0.717, 1.165) is 33.8 Å². The number of halogens is 1. The highest BCUT2D eigenvalue weighted by molar-refractivity contribution is 6.33. The third kappa shape index (κ3) is 4.44. The van der Waals surface area contributed by atoms with Gasteiger partial charge in [0, 0.05) is 22.5 Å². The van der Waals surface area contributed by atoms with E-state index in [-0.39, 0.29) is 17.7 Å². The first-order chi connectivity index (χ1) is 17.5. The smallest absolute Gasteiger partial charge is 0.235 e. The van der Waals surface area contributed by atoms with E-state index in [4.69, 9.17) is 11.6 Å². The van der Waals surface area contributed by atoms with Gasteiger partial charge < -0.3 is 10.3 Å². The van der Waals surface area contributed by atoms with Crippen molar-refractivity contribution in [2.75, 3.05) is 5.32 Å². The molecule has 0 spiro atoms. The number of nitrogens with zero attached hydrogens (tertiary/aromatic N) is 3. The van der Waals surface area contributed by atoms with E-state index >= 15 is 0 Å². The molecule has 1 amide bonds. The Balaban J connectivity index is 1.29. The predicted molar refractivity (Wildman–Crippen MR) is 141 cm³/mol. The monoisotopic (exact) mass is 500 g/mol. The molecule has 2 heterocycles. The Morgan fingerprint density at radius 1 is 1.00 bits per heavy atom. The Kier molecular flexibility index (Phi) is 5.88. The van der Waals surface area contributed by atoms with Gasteiger partial charge in [0.1, 0.15) is 11.7 Å². The number of aromatic nitrogens is 5. The highest BCUT2D eigenvalue weighted by atomic mass is 35.5. The molecule has 7 nitrogen and oxygen atoms in total. The molecule has 0 saturated heterocycles. The average Bonchev–Trinajstić information content (AvgIpc) is 3.81. The summed E-state index contributed by atoms with van der Waals surface area (Å²) in [5.74, 6) is 2.19. The minimum atomic E-state index is -0.383. The van der Waals surface area contributed by atoms with Crippen molar-refractivity contribution in [2.24, 2.45) is 17.8 Å². The van der Waals surface area contributed by atoms with Gasteiger partial charge in [-0.1, -0.05) is 35.9 Å². The lowest BCUT2D eigenvalue weighted by atomic mass is 9.82. The van der Waals surface area contributed by atoms with Crippen molar-refractivity contribution in [3.63, 3.8) is 0 Å². The number of carbonyl (C=O) groups excluding carboxylic acids is 1. The van der Waals surface area contributed by atoms with Crippen molar-refractivity contribution in [3.05, 3.63) is 70.8 Å². The number of hydrogen-bond donors (Lipinski definition) is 3. The minimum Gasteiger partial charge on any atom is -0.325 e. The number of anilines is 1. The summed E-state index contributed by atoms with van der Waals surface area (Å²) in [6.07, 6.45) is 4.70. The van der Waals surface area contributed by atoms with Crippen LogP contribution in [0.4, 0.5) is 5.69 Å². The summed E-state index contributed by atoms with van der Waals surface area (Å²) in [7, 11) is 0. The summed E-state index contributed by atoms with van der Waals surface area (Å²) in [5, 5.41) is 19.9. The summed E-state index contributed by atoms with van der Waals surface area (Å²) in [5.41, 5.74) is 5.71. The molecule has 0 bridgehead atoms. The van der Waals surface area contributed by atoms with E-state index in [1.165, 1.54) is 25.7 Å². The van der Waals surface area contributed by atoms with Gasteiger partial charge in [0.25, 0.3) is 0 Å². The Morgan fingerprint density at radius 3 is 2.31 bits per heavy atom. The molecule has 1 unspecified atom stereocenters. The van der Waals surface area contributed by atoms with Crippen LogP contribution in [0.1, 0.15) is 48.8 Å². The molecule has 0 aliphatic heterocycles. The molecule has 2 aliphatic rings. The SMILES string of the molecule is Cc1n[nH]c(C)c1-c1ccc(NC(=O)C(c2nnc(-c3ccccc3Cl)[nH]2)C(C2CC2)C2CC2)cc1. The zero-order chi connectivity index (χ0) is 24.8. The van der Waals surface area contributed by atoms with E-state index in [0.29, 0.717) is 28.5 Å². The molecule has 2 saturated carbocycles. The molecule has 2 fully saturated rings. The van der Waals surface area contributed by atoms with Crippen LogP contribution in [-0.2, 0) is 4.79 Å². The Labute approximate surface area is 215 Å². The van der Waals surface area contributed by atoms with Crippen molar-refractivity contribution in [1.82, 2.24) is 25.4 Å². The van der Waals surface area contributed by atoms with Crippen LogP contribution in [0, 0.1) is 31.6 Å². The van der Waals surface area contributed by atoms with Crippen LogP contribution in [0.2, 0.25) is 5.02 Å². The number of benzene rings is 2. The third-order valence-electron chi connectivity index (χ3n) is 7.50. The van der Waals surface area contributed by atoms with Crippen LogP contribution in [0.15, 0.2) is 48.5 Å². The fraction of sp³-hybridized carbons (Fsp3) is 0.357. The van der Waals surface area contributed by atoms with Crippen molar-refractivity contribution in [2.45, 2.75) is 45.4 Å². The standard InChI is InChI=1S/C28H29ClN6O/c1-15-23(16(2)33-32-15)17-11-13-20(14-12-17)30-28(36)25(24(18-7-8-18)19-9-10-19)27-31-26(34-35-27)21-5-3-4-6-22(21)29/h3-6,11-14,18-19,24-25H,7-10H2,1-2H3,(H,30,36)(H,32,33)(H,31,34,35). The first-order valence-electron chi connectivity index (χ1n) is 12.6. The Bertz CT molecular complexity index is 1370. The van der Waals surface area contributed by atoms with Crippen LogP contribution in [0.3, 0.4) is 0 Å². The highest BCUT2D eigenvalue weighted by Gasteiger charge is 2.49. The second kappa shape index (κ2) is 9.21. The number of aromatic amines is 2. The second-order valence-electron chi connectivity index (χ2n) is 10.1. The normalized spacial score (nSPS) is 16.3. The number of hydrogen-bond acceptors (Lipinski definition) is 4. The van der Waals surface area contributed by atoms with Crippen molar-refractivity contribution < 1.29 is 4.79 Å².